The summed E-state index contributed by atoms with van der Waals surface area (Å²) in [7, 11) is -5.50. The number of halogens is 3. The predicted molar refractivity (Wildman–Crippen MR) is 59.9 cm³/mol. The van der Waals surface area contributed by atoms with Crippen molar-refractivity contribution in [2.45, 2.75) is 17.3 Å². The summed E-state index contributed by atoms with van der Waals surface area (Å²) in [5, 5.41) is 3.41. The average Bonchev–Trinajstić information content (AvgIpc) is 2.71. The molecule has 1 heterocycles. The van der Waals surface area contributed by atoms with Crippen molar-refractivity contribution in [2.24, 2.45) is 0 Å². The van der Waals surface area contributed by atoms with Gasteiger partial charge in [-0.25, -0.2) is 8.42 Å². The van der Waals surface area contributed by atoms with Crippen LogP contribution in [0.5, 0.6) is 0 Å². The Morgan fingerprint density at radius 2 is 1.74 bits per heavy atom. The number of sulfone groups is 1. The van der Waals surface area contributed by atoms with E-state index in [4.69, 9.17) is 0 Å². The summed E-state index contributed by atoms with van der Waals surface area (Å²) in [6.07, 6.45) is 0. The fourth-order valence-corrected chi connectivity index (χ4v) is 2.63. The van der Waals surface area contributed by atoms with Crippen LogP contribution in [0.15, 0.2) is 39.8 Å². The highest BCUT2D eigenvalue weighted by atomic mass is 32.2. The molecule has 0 saturated carbocycles. The van der Waals surface area contributed by atoms with E-state index in [0.29, 0.717) is 0 Å². The van der Waals surface area contributed by atoms with E-state index in [1.165, 1.54) is 12.1 Å². The summed E-state index contributed by atoms with van der Waals surface area (Å²) in [6, 6.07) is 7.67. The van der Waals surface area contributed by atoms with Crippen LogP contribution in [-0.4, -0.2) is 19.1 Å². The molecule has 2 rings (SSSR count). The minimum atomic E-state index is -5.50. The van der Waals surface area contributed by atoms with Crippen molar-refractivity contribution in [3.63, 3.8) is 0 Å². The maximum absolute atomic E-state index is 12.6. The van der Waals surface area contributed by atoms with E-state index >= 15 is 0 Å². The van der Waals surface area contributed by atoms with E-state index < -0.39 is 26.0 Å². The SMILES string of the molecule is Cc1onc(-c2ccccc2)c1S(=O)(=O)C(F)(F)F. The zero-order chi connectivity index (χ0) is 14.3. The maximum Gasteiger partial charge on any atom is 0.502 e. The van der Waals surface area contributed by atoms with Gasteiger partial charge < -0.3 is 4.52 Å². The Hall–Kier alpha value is -1.83. The minimum Gasteiger partial charge on any atom is -0.360 e. The molecule has 0 radical (unpaired) electrons. The Kier molecular flexibility index (Phi) is 3.13. The molecule has 8 heteroatoms. The molecule has 1 aromatic carbocycles. The van der Waals surface area contributed by atoms with Gasteiger partial charge in [0.1, 0.15) is 10.6 Å². The minimum absolute atomic E-state index is 0.238. The lowest BCUT2D eigenvalue weighted by molar-refractivity contribution is -0.0436. The number of aryl methyl sites for hydroxylation is 1. The first-order valence-corrected chi connectivity index (χ1v) is 6.56. The van der Waals surface area contributed by atoms with Crippen LogP contribution in [-0.2, 0) is 9.84 Å². The van der Waals surface area contributed by atoms with Gasteiger partial charge in [-0.05, 0) is 6.92 Å². The molecule has 0 saturated heterocycles. The molecular weight excluding hydrogens is 283 g/mol. The van der Waals surface area contributed by atoms with Gasteiger partial charge in [-0.1, -0.05) is 35.5 Å². The van der Waals surface area contributed by atoms with Gasteiger partial charge in [0.05, 0.1) is 0 Å². The zero-order valence-electron chi connectivity index (χ0n) is 9.60. The predicted octanol–water partition coefficient (Wildman–Crippen LogP) is 2.94. The van der Waals surface area contributed by atoms with Crippen LogP contribution in [0.3, 0.4) is 0 Å². The molecule has 0 aliphatic heterocycles. The molecule has 0 N–H and O–H groups in total. The number of benzene rings is 1. The van der Waals surface area contributed by atoms with Gasteiger partial charge in [-0.3, -0.25) is 0 Å². The number of nitrogens with zero attached hydrogens (tertiary/aromatic N) is 1. The lowest BCUT2D eigenvalue weighted by Gasteiger charge is -2.08. The highest BCUT2D eigenvalue weighted by molar-refractivity contribution is 7.92. The second kappa shape index (κ2) is 4.37. The van der Waals surface area contributed by atoms with Gasteiger partial charge >= 0.3 is 5.51 Å². The molecule has 4 nitrogen and oxygen atoms in total. The van der Waals surface area contributed by atoms with Crippen molar-refractivity contribution in [3.05, 3.63) is 36.1 Å². The highest BCUT2D eigenvalue weighted by Gasteiger charge is 2.50. The third kappa shape index (κ3) is 2.23. The monoisotopic (exact) mass is 291 g/mol. The largest absolute Gasteiger partial charge is 0.502 e. The Labute approximate surface area is 106 Å². The molecule has 0 bridgehead atoms. The van der Waals surface area contributed by atoms with Crippen LogP contribution >= 0.6 is 0 Å². The number of rotatable bonds is 2. The Morgan fingerprint density at radius 1 is 1.16 bits per heavy atom. The summed E-state index contributed by atoms with van der Waals surface area (Å²) in [5.41, 5.74) is -5.50. The lowest BCUT2D eigenvalue weighted by atomic mass is 10.1. The first kappa shape index (κ1) is 13.6. The molecule has 0 amide bonds. The topological polar surface area (TPSA) is 60.2 Å². The van der Waals surface area contributed by atoms with Gasteiger partial charge in [0.25, 0.3) is 9.84 Å². The summed E-state index contributed by atoms with van der Waals surface area (Å²) in [6.45, 7) is 1.12. The standard InChI is InChI=1S/C11H8F3NO3S/c1-7-10(19(16,17)11(12,13)14)9(15-18-7)8-5-3-2-4-6-8/h2-6H,1H3. The van der Waals surface area contributed by atoms with Gasteiger partial charge in [0, 0.05) is 5.56 Å². The quantitative estimate of drug-likeness (QED) is 0.853. The number of alkyl halides is 3. The molecule has 0 spiro atoms. The third-order valence-electron chi connectivity index (χ3n) is 2.43. The lowest BCUT2D eigenvalue weighted by Crippen LogP contribution is -2.24. The van der Waals surface area contributed by atoms with E-state index in [-0.39, 0.29) is 11.3 Å². The summed E-state index contributed by atoms with van der Waals surface area (Å²) in [5.74, 6) is -0.392. The molecule has 2 aromatic rings. The van der Waals surface area contributed by atoms with E-state index in [2.05, 4.69) is 9.68 Å². The van der Waals surface area contributed by atoms with E-state index in [1.807, 2.05) is 0 Å². The Bertz CT molecular complexity index is 690. The van der Waals surface area contributed by atoms with Gasteiger partial charge in [0.2, 0.25) is 0 Å². The fraction of sp³-hybridized carbons (Fsp3) is 0.182. The second-order valence-corrected chi connectivity index (χ2v) is 5.61. The average molecular weight is 291 g/mol. The van der Waals surface area contributed by atoms with Crippen molar-refractivity contribution in [1.82, 2.24) is 5.16 Å². The van der Waals surface area contributed by atoms with Crippen LogP contribution in [0, 0.1) is 6.92 Å². The van der Waals surface area contributed by atoms with Crippen molar-refractivity contribution in [3.8, 4) is 11.3 Å². The summed E-state index contributed by atoms with van der Waals surface area (Å²) < 4.78 is 65.5. The molecule has 19 heavy (non-hydrogen) atoms. The Morgan fingerprint density at radius 3 is 2.26 bits per heavy atom. The smallest absolute Gasteiger partial charge is 0.360 e. The van der Waals surface area contributed by atoms with E-state index in [9.17, 15) is 21.6 Å². The zero-order valence-corrected chi connectivity index (χ0v) is 10.4. The molecule has 0 atom stereocenters. The molecular formula is C11H8F3NO3S. The second-order valence-electron chi connectivity index (χ2n) is 3.73. The molecule has 0 aliphatic carbocycles. The number of hydrogen-bond donors (Lipinski definition) is 0. The van der Waals surface area contributed by atoms with Crippen molar-refractivity contribution in [2.75, 3.05) is 0 Å². The van der Waals surface area contributed by atoms with Crippen molar-refractivity contribution in [1.29, 1.82) is 0 Å². The first-order valence-electron chi connectivity index (χ1n) is 5.08. The van der Waals surface area contributed by atoms with E-state index in [1.54, 1.807) is 18.2 Å². The van der Waals surface area contributed by atoms with Crippen LogP contribution in [0.1, 0.15) is 5.76 Å². The van der Waals surface area contributed by atoms with Crippen LogP contribution in [0.25, 0.3) is 11.3 Å². The maximum atomic E-state index is 12.6. The van der Waals surface area contributed by atoms with Crippen LogP contribution in [0.2, 0.25) is 0 Å². The first-order chi connectivity index (χ1) is 8.75. The molecule has 102 valence electrons. The molecule has 0 unspecified atom stereocenters. The van der Waals surface area contributed by atoms with Crippen molar-refractivity contribution < 1.29 is 26.1 Å². The van der Waals surface area contributed by atoms with E-state index in [0.717, 1.165) is 6.92 Å². The molecule has 0 aliphatic rings. The molecule has 0 fully saturated rings. The molecule has 1 aromatic heterocycles. The number of hydrogen-bond acceptors (Lipinski definition) is 4. The number of aromatic nitrogens is 1. The van der Waals surface area contributed by atoms with Gasteiger partial charge in [-0.2, -0.15) is 13.2 Å². The normalized spacial score (nSPS) is 12.6. The van der Waals surface area contributed by atoms with Gasteiger partial charge in [-0.15, -0.1) is 0 Å². The summed E-state index contributed by atoms with van der Waals surface area (Å²) >= 11 is 0. The van der Waals surface area contributed by atoms with Crippen LogP contribution < -0.4 is 0 Å². The van der Waals surface area contributed by atoms with Crippen LogP contribution in [0.4, 0.5) is 13.2 Å². The highest BCUT2D eigenvalue weighted by Crippen LogP contribution is 2.37. The van der Waals surface area contributed by atoms with Crippen molar-refractivity contribution >= 4 is 9.84 Å². The summed E-state index contributed by atoms with van der Waals surface area (Å²) in [4.78, 5) is -0.939. The Balaban J connectivity index is 2.71. The third-order valence-corrected chi connectivity index (χ3v) is 4.06. The van der Waals surface area contributed by atoms with Gasteiger partial charge in [0.15, 0.2) is 5.76 Å². The fourth-order valence-electron chi connectivity index (χ4n) is 1.58.